The highest BCUT2D eigenvalue weighted by atomic mass is 32.2. The van der Waals surface area contributed by atoms with Gasteiger partial charge < -0.3 is 4.90 Å². The maximum atomic E-state index is 11.8. The highest BCUT2D eigenvalue weighted by Crippen LogP contribution is 2.19. The van der Waals surface area contributed by atoms with Crippen LogP contribution in [0.3, 0.4) is 0 Å². The van der Waals surface area contributed by atoms with Crippen LogP contribution >= 0.6 is 0 Å². The van der Waals surface area contributed by atoms with E-state index in [2.05, 4.69) is 4.72 Å². The van der Waals surface area contributed by atoms with E-state index < -0.39 is 10.0 Å². The largest absolute Gasteiger partial charge is 0.310 e. The molecule has 0 heterocycles. The van der Waals surface area contributed by atoms with Crippen LogP contribution in [0.1, 0.15) is 32.3 Å². The number of nitriles is 1. The van der Waals surface area contributed by atoms with Gasteiger partial charge in [0.25, 0.3) is 0 Å². The lowest BCUT2D eigenvalue weighted by molar-refractivity contribution is -0.116. The molecule has 1 aromatic carbocycles. The molecule has 0 radical (unpaired) electrons. The number of hydrogen-bond acceptors (Lipinski definition) is 4. The minimum atomic E-state index is -3.32. The minimum Gasteiger partial charge on any atom is -0.310 e. The van der Waals surface area contributed by atoms with Crippen molar-refractivity contribution >= 4 is 21.6 Å². The molecule has 0 fully saturated rings. The molecule has 0 aliphatic carbocycles. The topological polar surface area (TPSA) is 90.3 Å². The van der Waals surface area contributed by atoms with Crippen molar-refractivity contribution in [2.24, 2.45) is 0 Å². The van der Waals surface area contributed by atoms with Crippen molar-refractivity contribution in [3.63, 3.8) is 0 Å². The van der Waals surface area contributed by atoms with Gasteiger partial charge in [0.05, 0.1) is 17.0 Å². The van der Waals surface area contributed by atoms with Gasteiger partial charge in [-0.25, -0.2) is 13.1 Å². The number of anilines is 1. The fraction of sp³-hybridized carbons (Fsp3) is 0.467. The summed E-state index contributed by atoms with van der Waals surface area (Å²) in [4.78, 5) is 13.2. The van der Waals surface area contributed by atoms with Crippen LogP contribution in [0, 0.1) is 11.3 Å². The first-order valence-electron chi connectivity index (χ1n) is 7.16. The summed E-state index contributed by atoms with van der Waals surface area (Å²) in [5, 5.41) is 9.10. The summed E-state index contributed by atoms with van der Waals surface area (Å²) in [5.41, 5.74) is 0.872. The number of unbranched alkanes of at least 4 members (excludes halogenated alkanes) is 1. The Bertz CT molecular complexity index is 650. The Labute approximate surface area is 131 Å². The first kappa shape index (κ1) is 18.1. The second-order valence-electron chi connectivity index (χ2n) is 4.87. The monoisotopic (exact) mass is 323 g/mol. The van der Waals surface area contributed by atoms with E-state index in [0.717, 1.165) is 6.42 Å². The number of hydrogen-bond donors (Lipinski definition) is 1. The zero-order chi connectivity index (χ0) is 16.6. The molecule has 0 spiro atoms. The number of nitrogens with one attached hydrogen (secondary N) is 1. The Morgan fingerprint density at radius 3 is 2.64 bits per heavy atom. The van der Waals surface area contributed by atoms with Gasteiger partial charge in [0.15, 0.2) is 0 Å². The van der Waals surface area contributed by atoms with E-state index in [9.17, 15) is 13.2 Å². The van der Waals surface area contributed by atoms with Crippen molar-refractivity contribution in [1.29, 1.82) is 5.26 Å². The van der Waals surface area contributed by atoms with Crippen molar-refractivity contribution < 1.29 is 13.2 Å². The van der Waals surface area contributed by atoms with Crippen molar-refractivity contribution in [2.45, 2.75) is 26.7 Å². The Kier molecular flexibility index (Phi) is 7.02. The molecule has 1 rings (SSSR count). The molecular weight excluding hydrogens is 302 g/mol. The van der Waals surface area contributed by atoms with E-state index in [1.54, 1.807) is 24.3 Å². The second kappa shape index (κ2) is 8.51. The predicted molar refractivity (Wildman–Crippen MR) is 85.9 cm³/mol. The molecule has 0 atom stereocenters. The summed E-state index contributed by atoms with van der Waals surface area (Å²) >= 11 is 0. The summed E-state index contributed by atoms with van der Waals surface area (Å²) in [6, 6.07) is 8.78. The van der Waals surface area contributed by atoms with Crippen LogP contribution < -0.4 is 9.62 Å². The van der Waals surface area contributed by atoms with Crippen LogP contribution in [-0.4, -0.2) is 33.2 Å². The summed E-state index contributed by atoms with van der Waals surface area (Å²) in [5.74, 6) is -0.159. The average Bonchev–Trinajstić information content (AvgIpc) is 2.49. The van der Waals surface area contributed by atoms with Crippen LogP contribution in [0.25, 0.3) is 0 Å². The zero-order valence-corrected chi connectivity index (χ0v) is 13.7. The van der Waals surface area contributed by atoms with Crippen molar-refractivity contribution in [3.05, 3.63) is 29.8 Å². The molecule has 0 saturated heterocycles. The minimum absolute atomic E-state index is 0.0817. The highest BCUT2D eigenvalue weighted by Gasteiger charge is 2.16. The zero-order valence-electron chi connectivity index (χ0n) is 12.9. The molecule has 0 bridgehead atoms. The molecule has 1 aromatic rings. The molecule has 7 heteroatoms. The van der Waals surface area contributed by atoms with E-state index in [0.29, 0.717) is 17.7 Å². The van der Waals surface area contributed by atoms with E-state index in [1.807, 2.05) is 13.0 Å². The number of amides is 1. The summed E-state index contributed by atoms with van der Waals surface area (Å²) in [6.07, 6.45) is 1.40. The van der Waals surface area contributed by atoms with Gasteiger partial charge in [-0.05, 0) is 18.6 Å². The summed E-state index contributed by atoms with van der Waals surface area (Å²) in [7, 11) is -3.32. The van der Waals surface area contributed by atoms with E-state index in [-0.39, 0.29) is 24.7 Å². The Hall–Kier alpha value is -1.91. The maximum absolute atomic E-state index is 11.8. The smallest absolute Gasteiger partial charge is 0.223 e. The third kappa shape index (κ3) is 5.47. The Balaban J connectivity index is 2.75. The van der Waals surface area contributed by atoms with Crippen LogP contribution in [0.5, 0.6) is 0 Å². The van der Waals surface area contributed by atoms with Crippen LogP contribution in [-0.2, 0) is 14.8 Å². The number of sulfonamides is 1. The first-order chi connectivity index (χ1) is 10.4. The van der Waals surface area contributed by atoms with Crippen LogP contribution in [0.15, 0.2) is 24.3 Å². The van der Waals surface area contributed by atoms with Gasteiger partial charge in [-0.15, -0.1) is 0 Å². The van der Waals surface area contributed by atoms with Gasteiger partial charge in [-0.2, -0.15) is 5.26 Å². The van der Waals surface area contributed by atoms with Gasteiger partial charge in [0.1, 0.15) is 6.07 Å². The van der Waals surface area contributed by atoms with Gasteiger partial charge in [-0.1, -0.05) is 25.5 Å². The van der Waals surface area contributed by atoms with Crippen molar-refractivity contribution in [3.8, 4) is 6.07 Å². The van der Waals surface area contributed by atoms with Crippen LogP contribution in [0.4, 0.5) is 5.69 Å². The molecule has 1 N–H and O–H groups in total. The third-order valence-electron chi connectivity index (χ3n) is 3.12. The number of carbonyl (C=O) groups is 1. The fourth-order valence-electron chi connectivity index (χ4n) is 1.97. The quantitative estimate of drug-likeness (QED) is 0.787. The lowest BCUT2D eigenvalue weighted by Gasteiger charge is -2.22. The lowest BCUT2D eigenvalue weighted by Crippen LogP contribution is -2.38. The molecule has 1 amide bonds. The first-order valence-corrected chi connectivity index (χ1v) is 8.81. The van der Waals surface area contributed by atoms with Crippen LogP contribution in [0.2, 0.25) is 0 Å². The second-order valence-corrected chi connectivity index (χ2v) is 6.79. The van der Waals surface area contributed by atoms with Crippen molar-refractivity contribution in [2.75, 3.05) is 23.7 Å². The Morgan fingerprint density at radius 1 is 1.36 bits per heavy atom. The van der Waals surface area contributed by atoms with E-state index >= 15 is 0 Å². The van der Waals surface area contributed by atoms with Gasteiger partial charge in [0, 0.05) is 20.0 Å². The molecule has 0 saturated carbocycles. The standard InChI is InChI=1S/C15H21N3O3S/c1-3-4-11-22(20,21)17-9-10-18(13(2)19)15-8-6-5-7-14(15)12-16/h5-8,17H,3-4,9-11H2,1-2H3. The van der Waals surface area contributed by atoms with E-state index in [1.165, 1.54) is 11.8 Å². The molecule has 0 aromatic heterocycles. The van der Waals surface area contributed by atoms with Gasteiger partial charge in [0.2, 0.25) is 15.9 Å². The molecule has 120 valence electrons. The fourth-order valence-corrected chi connectivity index (χ4v) is 3.19. The number of benzene rings is 1. The van der Waals surface area contributed by atoms with Gasteiger partial charge >= 0.3 is 0 Å². The lowest BCUT2D eigenvalue weighted by atomic mass is 10.1. The number of rotatable bonds is 8. The molecular formula is C15H21N3O3S. The SMILES string of the molecule is CCCCS(=O)(=O)NCCN(C(C)=O)c1ccccc1C#N. The number of para-hydroxylation sites is 1. The summed E-state index contributed by atoms with van der Waals surface area (Å²) in [6.45, 7) is 3.61. The average molecular weight is 323 g/mol. The van der Waals surface area contributed by atoms with E-state index in [4.69, 9.17) is 5.26 Å². The molecule has 22 heavy (non-hydrogen) atoms. The van der Waals surface area contributed by atoms with Gasteiger partial charge in [-0.3, -0.25) is 4.79 Å². The molecule has 0 aliphatic heterocycles. The molecule has 0 unspecified atom stereocenters. The summed E-state index contributed by atoms with van der Waals surface area (Å²) < 4.78 is 25.9. The normalized spacial score (nSPS) is 11.0. The maximum Gasteiger partial charge on any atom is 0.223 e. The predicted octanol–water partition coefficient (Wildman–Crippen LogP) is 1.63. The number of nitrogens with zero attached hydrogens (tertiary/aromatic N) is 2. The molecule has 0 aliphatic rings. The molecule has 6 nitrogen and oxygen atoms in total. The highest BCUT2D eigenvalue weighted by molar-refractivity contribution is 7.89. The Morgan fingerprint density at radius 2 is 2.05 bits per heavy atom. The number of carbonyl (C=O) groups excluding carboxylic acids is 1. The van der Waals surface area contributed by atoms with Crippen molar-refractivity contribution in [1.82, 2.24) is 4.72 Å². The third-order valence-corrected chi connectivity index (χ3v) is 4.59.